The summed E-state index contributed by atoms with van der Waals surface area (Å²) >= 11 is 1.74. The van der Waals surface area contributed by atoms with Crippen LogP contribution in [-0.2, 0) is 11.3 Å². The first-order valence-corrected chi connectivity index (χ1v) is 7.23. The summed E-state index contributed by atoms with van der Waals surface area (Å²) in [6.45, 7) is 6.48. The fourth-order valence-electron chi connectivity index (χ4n) is 2.54. The highest BCUT2D eigenvalue weighted by atomic mass is 32.1. The number of rotatable bonds is 5. The standard InChI is InChI=1S/C13H22N2OS/c1-9-10(2)17-13(15-9)8-16-7-12-5-3-4-11(12)6-14/h11-12H,3-8,14H2,1-2H3. The van der Waals surface area contributed by atoms with Crippen molar-refractivity contribution in [1.29, 1.82) is 0 Å². The molecule has 2 atom stereocenters. The van der Waals surface area contributed by atoms with Gasteiger partial charge in [0.05, 0.1) is 18.9 Å². The van der Waals surface area contributed by atoms with Crippen molar-refractivity contribution in [3.05, 3.63) is 15.6 Å². The molecule has 0 amide bonds. The molecule has 2 N–H and O–H groups in total. The van der Waals surface area contributed by atoms with Gasteiger partial charge in [-0.1, -0.05) is 6.42 Å². The zero-order valence-corrected chi connectivity index (χ0v) is 11.6. The second-order valence-corrected chi connectivity index (χ2v) is 6.24. The number of hydrogen-bond acceptors (Lipinski definition) is 4. The maximum atomic E-state index is 5.80. The molecule has 1 aromatic heterocycles. The van der Waals surface area contributed by atoms with Crippen molar-refractivity contribution in [3.63, 3.8) is 0 Å². The van der Waals surface area contributed by atoms with Gasteiger partial charge in [-0.2, -0.15) is 0 Å². The number of nitrogens with two attached hydrogens (primary N) is 1. The maximum Gasteiger partial charge on any atom is 0.119 e. The van der Waals surface area contributed by atoms with Gasteiger partial charge in [0.15, 0.2) is 0 Å². The predicted molar refractivity (Wildman–Crippen MR) is 71.1 cm³/mol. The number of aryl methyl sites for hydroxylation is 2. The number of thiazole rings is 1. The van der Waals surface area contributed by atoms with Gasteiger partial charge in [-0.05, 0) is 45.1 Å². The van der Waals surface area contributed by atoms with E-state index >= 15 is 0 Å². The lowest BCUT2D eigenvalue weighted by Crippen LogP contribution is -2.22. The van der Waals surface area contributed by atoms with Crippen LogP contribution in [0.4, 0.5) is 0 Å². The Kier molecular flexibility index (Phi) is 4.54. The summed E-state index contributed by atoms with van der Waals surface area (Å²) in [5.74, 6) is 1.34. The van der Waals surface area contributed by atoms with E-state index in [2.05, 4.69) is 18.8 Å². The zero-order chi connectivity index (χ0) is 12.3. The van der Waals surface area contributed by atoms with E-state index in [1.165, 1.54) is 24.1 Å². The minimum Gasteiger partial charge on any atom is -0.374 e. The molecule has 0 bridgehead atoms. The number of nitrogens with zero attached hydrogens (tertiary/aromatic N) is 1. The van der Waals surface area contributed by atoms with Crippen LogP contribution in [0.15, 0.2) is 0 Å². The van der Waals surface area contributed by atoms with Crippen LogP contribution in [0.1, 0.15) is 34.8 Å². The highest BCUT2D eigenvalue weighted by molar-refractivity contribution is 7.11. The van der Waals surface area contributed by atoms with Gasteiger partial charge in [0.2, 0.25) is 0 Å². The first-order valence-electron chi connectivity index (χ1n) is 6.41. The molecule has 4 heteroatoms. The molecule has 2 unspecified atom stereocenters. The molecule has 1 aliphatic carbocycles. The Morgan fingerprint density at radius 1 is 1.35 bits per heavy atom. The molecule has 1 aliphatic rings. The molecule has 0 radical (unpaired) electrons. The number of hydrogen-bond donors (Lipinski definition) is 1. The lowest BCUT2D eigenvalue weighted by molar-refractivity contribution is 0.0752. The predicted octanol–water partition coefficient (Wildman–Crippen LogP) is 2.65. The van der Waals surface area contributed by atoms with E-state index in [0.717, 1.165) is 23.9 Å². The molecule has 2 rings (SSSR count). The van der Waals surface area contributed by atoms with Gasteiger partial charge in [-0.15, -0.1) is 11.3 Å². The summed E-state index contributed by atoms with van der Waals surface area (Å²) in [5.41, 5.74) is 6.90. The topological polar surface area (TPSA) is 48.1 Å². The SMILES string of the molecule is Cc1nc(COCC2CCCC2CN)sc1C. The molecular formula is C13H22N2OS. The fourth-order valence-corrected chi connectivity index (χ4v) is 3.41. The third-order valence-electron chi connectivity index (χ3n) is 3.75. The molecule has 3 nitrogen and oxygen atoms in total. The Morgan fingerprint density at radius 2 is 2.12 bits per heavy atom. The Hall–Kier alpha value is -0.450. The van der Waals surface area contributed by atoms with Crippen LogP contribution in [0.3, 0.4) is 0 Å². The van der Waals surface area contributed by atoms with Crippen molar-refractivity contribution in [1.82, 2.24) is 4.98 Å². The van der Waals surface area contributed by atoms with Crippen molar-refractivity contribution in [3.8, 4) is 0 Å². The van der Waals surface area contributed by atoms with Crippen molar-refractivity contribution < 1.29 is 4.74 Å². The Morgan fingerprint density at radius 3 is 2.76 bits per heavy atom. The van der Waals surface area contributed by atoms with E-state index in [1.807, 2.05) is 0 Å². The monoisotopic (exact) mass is 254 g/mol. The van der Waals surface area contributed by atoms with Crippen LogP contribution in [0.2, 0.25) is 0 Å². The number of ether oxygens (including phenoxy) is 1. The Labute approximate surface area is 107 Å². The molecule has 0 saturated heterocycles. The van der Waals surface area contributed by atoms with Crippen LogP contribution < -0.4 is 5.73 Å². The third-order valence-corrected chi connectivity index (χ3v) is 4.80. The summed E-state index contributed by atoms with van der Waals surface area (Å²) in [5, 5.41) is 1.10. The molecule has 0 aromatic carbocycles. The smallest absolute Gasteiger partial charge is 0.119 e. The van der Waals surface area contributed by atoms with Crippen molar-refractivity contribution in [2.24, 2.45) is 17.6 Å². The minimum atomic E-state index is 0.660. The number of aromatic nitrogens is 1. The summed E-state index contributed by atoms with van der Waals surface area (Å²) in [4.78, 5) is 5.78. The van der Waals surface area contributed by atoms with Gasteiger partial charge in [-0.25, -0.2) is 4.98 Å². The van der Waals surface area contributed by atoms with Crippen molar-refractivity contribution in [2.75, 3.05) is 13.2 Å². The Bertz CT molecular complexity index is 345. The van der Waals surface area contributed by atoms with Crippen molar-refractivity contribution in [2.45, 2.75) is 39.7 Å². The fraction of sp³-hybridized carbons (Fsp3) is 0.769. The molecule has 1 aromatic rings. The van der Waals surface area contributed by atoms with E-state index in [4.69, 9.17) is 10.5 Å². The van der Waals surface area contributed by atoms with E-state index in [0.29, 0.717) is 18.4 Å². The average molecular weight is 254 g/mol. The van der Waals surface area contributed by atoms with Crippen LogP contribution in [0.25, 0.3) is 0 Å². The van der Waals surface area contributed by atoms with Crippen LogP contribution in [0, 0.1) is 25.7 Å². The largest absolute Gasteiger partial charge is 0.374 e. The van der Waals surface area contributed by atoms with E-state index in [9.17, 15) is 0 Å². The maximum absolute atomic E-state index is 5.80. The van der Waals surface area contributed by atoms with E-state index < -0.39 is 0 Å². The molecule has 17 heavy (non-hydrogen) atoms. The first kappa shape index (κ1) is 13.0. The normalized spacial score (nSPS) is 24.4. The van der Waals surface area contributed by atoms with Gasteiger partial charge in [0, 0.05) is 4.88 Å². The van der Waals surface area contributed by atoms with Crippen molar-refractivity contribution >= 4 is 11.3 Å². The molecule has 1 fully saturated rings. The highest BCUT2D eigenvalue weighted by Gasteiger charge is 2.26. The second kappa shape index (κ2) is 5.94. The quantitative estimate of drug-likeness (QED) is 0.878. The van der Waals surface area contributed by atoms with Gasteiger partial charge in [0.25, 0.3) is 0 Å². The lowest BCUT2D eigenvalue weighted by atomic mass is 9.97. The van der Waals surface area contributed by atoms with Gasteiger partial charge >= 0.3 is 0 Å². The molecule has 0 spiro atoms. The molecule has 0 aliphatic heterocycles. The first-order chi connectivity index (χ1) is 8.20. The highest BCUT2D eigenvalue weighted by Crippen LogP contribution is 2.31. The molecular weight excluding hydrogens is 232 g/mol. The zero-order valence-electron chi connectivity index (χ0n) is 10.7. The molecule has 1 saturated carbocycles. The molecule has 1 heterocycles. The average Bonchev–Trinajstić information content (AvgIpc) is 2.87. The van der Waals surface area contributed by atoms with E-state index in [-0.39, 0.29) is 0 Å². The van der Waals surface area contributed by atoms with Gasteiger partial charge in [0.1, 0.15) is 5.01 Å². The summed E-state index contributed by atoms with van der Waals surface area (Å²) in [7, 11) is 0. The van der Waals surface area contributed by atoms with Gasteiger partial charge in [-0.3, -0.25) is 0 Å². The van der Waals surface area contributed by atoms with E-state index in [1.54, 1.807) is 11.3 Å². The van der Waals surface area contributed by atoms with Crippen LogP contribution >= 0.6 is 11.3 Å². The van der Waals surface area contributed by atoms with Gasteiger partial charge < -0.3 is 10.5 Å². The van der Waals surface area contributed by atoms with Crippen LogP contribution in [0.5, 0.6) is 0 Å². The molecule has 96 valence electrons. The van der Waals surface area contributed by atoms with Crippen LogP contribution in [-0.4, -0.2) is 18.1 Å². The summed E-state index contributed by atoms with van der Waals surface area (Å²) in [6.07, 6.45) is 3.86. The Balaban J connectivity index is 1.75. The summed E-state index contributed by atoms with van der Waals surface area (Å²) < 4.78 is 5.80. The minimum absolute atomic E-state index is 0.660. The second-order valence-electron chi connectivity index (χ2n) is 4.95. The third kappa shape index (κ3) is 3.27. The summed E-state index contributed by atoms with van der Waals surface area (Å²) in [6, 6.07) is 0. The lowest BCUT2D eigenvalue weighted by Gasteiger charge is -2.17.